The minimum absolute atomic E-state index is 0.118. The summed E-state index contributed by atoms with van der Waals surface area (Å²) in [6, 6.07) is 0. The van der Waals surface area contributed by atoms with E-state index in [1.807, 2.05) is 0 Å². The Morgan fingerprint density at radius 1 is 0.912 bits per heavy atom. The van der Waals surface area contributed by atoms with Gasteiger partial charge in [-0.15, -0.1) is 0 Å². The van der Waals surface area contributed by atoms with Gasteiger partial charge < -0.3 is 14.9 Å². The summed E-state index contributed by atoms with van der Waals surface area (Å²) < 4.78 is 6.31. The van der Waals surface area contributed by atoms with Gasteiger partial charge in [0.2, 0.25) is 0 Å². The van der Waals surface area contributed by atoms with E-state index in [2.05, 4.69) is 62.3 Å². The first-order valence-electron chi connectivity index (χ1n) is 14.7. The molecule has 200 valence electrons. The van der Waals surface area contributed by atoms with Crippen LogP contribution >= 0.6 is 0 Å². The van der Waals surface area contributed by atoms with Gasteiger partial charge in [0.05, 0.1) is 17.3 Å². The summed E-state index contributed by atoms with van der Waals surface area (Å²) in [6.07, 6.45) is 11.8. The zero-order valence-electron chi connectivity index (χ0n) is 24.1. The van der Waals surface area contributed by atoms with Crippen LogP contribution in [0.15, 0.2) is 0 Å². The Morgan fingerprint density at radius 3 is 2.15 bits per heavy atom. The van der Waals surface area contributed by atoms with E-state index in [0.717, 1.165) is 37.0 Å². The van der Waals surface area contributed by atoms with Crippen molar-refractivity contribution in [3.63, 3.8) is 0 Å². The maximum Gasteiger partial charge on any atom is 0.0700 e. The summed E-state index contributed by atoms with van der Waals surface area (Å²) in [5.41, 5.74) is -0.773. The molecule has 0 aromatic carbocycles. The smallest absolute Gasteiger partial charge is 0.0700 e. The van der Waals surface area contributed by atoms with Gasteiger partial charge in [0.15, 0.2) is 0 Å². The first-order valence-corrected chi connectivity index (χ1v) is 14.7. The molecule has 0 aromatic rings. The van der Waals surface area contributed by atoms with Crippen molar-refractivity contribution in [1.82, 2.24) is 0 Å². The fraction of sp³-hybridized carbons (Fsp3) is 1.00. The molecular weight excluding hydrogens is 420 g/mol. The van der Waals surface area contributed by atoms with Gasteiger partial charge in [-0.2, -0.15) is 0 Å². The highest BCUT2D eigenvalue weighted by molar-refractivity contribution is 5.10. The van der Waals surface area contributed by atoms with Gasteiger partial charge in [-0.25, -0.2) is 0 Å². The molecule has 0 bridgehead atoms. The van der Waals surface area contributed by atoms with Crippen molar-refractivity contribution >= 4 is 0 Å². The van der Waals surface area contributed by atoms with E-state index >= 15 is 0 Å². The van der Waals surface area contributed by atoms with Crippen LogP contribution in [0.3, 0.4) is 0 Å². The molecule has 2 N–H and O–H groups in total. The van der Waals surface area contributed by atoms with Gasteiger partial charge in [-0.3, -0.25) is 0 Å². The largest absolute Gasteiger partial charge is 0.396 e. The lowest BCUT2D eigenvalue weighted by Gasteiger charge is -2.60. The third-order valence-electron chi connectivity index (χ3n) is 11.0. The van der Waals surface area contributed by atoms with E-state index in [-0.39, 0.29) is 23.7 Å². The van der Waals surface area contributed by atoms with Crippen molar-refractivity contribution in [2.75, 3.05) is 6.61 Å². The SMILES string of the molecule is CC(C)CCCC(C)C1CCC2C(CO)C([C@@]3(C)CCC(OC(C)(C)C)C[C@]3(C)O)CC[C@]12C. The molecular formula is C31H58O3. The second-order valence-electron chi connectivity index (χ2n) is 14.9. The molecule has 0 aromatic heterocycles. The standard InChI is InChI=1S/C31H58O3/c1-21(2)11-10-12-22(3)25-13-14-26-24(20-32)27(16-17-29(25,26)7)30(8)18-15-23(19-31(30,9)33)34-28(4,5)6/h21-27,32-33H,10-20H2,1-9H3/t22?,23?,24?,25?,26?,27?,29-,30-,31+/m1/s1. The molecule has 3 aliphatic carbocycles. The van der Waals surface area contributed by atoms with Gasteiger partial charge >= 0.3 is 0 Å². The lowest BCUT2D eigenvalue weighted by atomic mass is 9.47. The number of aliphatic hydroxyl groups is 2. The Balaban J connectivity index is 1.75. The van der Waals surface area contributed by atoms with Crippen LogP contribution < -0.4 is 0 Å². The molecule has 0 heterocycles. The van der Waals surface area contributed by atoms with Crippen molar-refractivity contribution in [3.05, 3.63) is 0 Å². The van der Waals surface area contributed by atoms with Gasteiger partial charge in [0.1, 0.15) is 0 Å². The van der Waals surface area contributed by atoms with Crippen LogP contribution in [0.1, 0.15) is 127 Å². The van der Waals surface area contributed by atoms with Crippen LogP contribution in [-0.2, 0) is 4.74 Å². The topological polar surface area (TPSA) is 49.7 Å². The van der Waals surface area contributed by atoms with Crippen LogP contribution in [0, 0.1) is 46.3 Å². The number of aliphatic hydroxyl groups excluding tert-OH is 1. The van der Waals surface area contributed by atoms with Crippen LogP contribution in [0.4, 0.5) is 0 Å². The van der Waals surface area contributed by atoms with Crippen molar-refractivity contribution in [1.29, 1.82) is 0 Å². The van der Waals surface area contributed by atoms with E-state index < -0.39 is 5.60 Å². The number of hydrogen-bond acceptors (Lipinski definition) is 3. The molecule has 3 heteroatoms. The highest BCUT2D eigenvalue weighted by Crippen LogP contribution is 2.65. The van der Waals surface area contributed by atoms with Gasteiger partial charge in [-0.1, -0.05) is 53.9 Å². The summed E-state index contributed by atoms with van der Waals surface area (Å²) in [4.78, 5) is 0. The molecule has 0 saturated heterocycles. The molecule has 34 heavy (non-hydrogen) atoms. The summed E-state index contributed by atoms with van der Waals surface area (Å²) in [6.45, 7) is 20.7. The number of rotatable bonds is 8. The molecule has 3 saturated carbocycles. The van der Waals surface area contributed by atoms with Gasteiger partial charge in [-0.05, 0) is 113 Å². The first-order chi connectivity index (χ1) is 15.6. The number of ether oxygens (including phenoxy) is 1. The predicted octanol–water partition coefficient (Wildman–Crippen LogP) is 7.62. The Kier molecular flexibility index (Phi) is 8.64. The van der Waals surface area contributed by atoms with Crippen molar-refractivity contribution in [2.24, 2.45) is 46.3 Å². The average molecular weight is 479 g/mol. The highest BCUT2D eigenvalue weighted by atomic mass is 16.5. The Hall–Kier alpha value is -0.120. The van der Waals surface area contributed by atoms with E-state index in [0.29, 0.717) is 29.6 Å². The van der Waals surface area contributed by atoms with Gasteiger partial charge in [0.25, 0.3) is 0 Å². The summed E-state index contributed by atoms with van der Waals surface area (Å²) in [5, 5.41) is 22.6. The normalized spacial score (nSPS) is 44.3. The second-order valence-corrected chi connectivity index (χ2v) is 14.9. The lowest BCUT2D eigenvalue weighted by Crippen LogP contribution is -2.59. The zero-order chi connectivity index (χ0) is 25.5. The second kappa shape index (κ2) is 10.3. The summed E-state index contributed by atoms with van der Waals surface area (Å²) >= 11 is 0. The minimum atomic E-state index is -0.769. The first kappa shape index (κ1) is 28.5. The van der Waals surface area contributed by atoms with Gasteiger partial charge in [0, 0.05) is 13.0 Å². The van der Waals surface area contributed by atoms with Crippen molar-refractivity contribution in [2.45, 2.75) is 144 Å². The maximum absolute atomic E-state index is 11.9. The Labute approximate surface area is 211 Å². The van der Waals surface area contributed by atoms with Crippen LogP contribution in [-0.4, -0.2) is 34.1 Å². The van der Waals surface area contributed by atoms with E-state index in [1.165, 1.54) is 38.5 Å². The predicted molar refractivity (Wildman–Crippen MR) is 143 cm³/mol. The molecule has 3 fully saturated rings. The van der Waals surface area contributed by atoms with Crippen molar-refractivity contribution < 1.29 is 14.9 Å². The molecule has 6 unspecified atom stereocenters. The zero-order valence-corrected chi connectivity index (χ0v) is 24.1. The lowest BCUT2D eigenvalue weighted by molar-refractivity contribution is -0.203. The number of hydrogen-bond donors (Lipinski definition) is 2. The van der Waals surface area contributed by atoms with Crippen LogP contribution in [0.5, 0.6) is 0 Å². The maximum atomic E-state index is 11.9. The quantitative estimate of drug-likeness (QED) is 0.377. The van der Waals surface area contributed by atoms with Crippen LogP contribution in [0.2, 0.25) is 0 Å². The molecule has 0 radical (unpaired) electrons. The Morgan fingerprint density at radius 2 is 1.59 bits per heavy atom. The average Bonchev–Trinajstić information content (AvgIpc) is 3.05. The summed E-state index contributed by atoms with van der Waals surface area (Å²) in [5.74, 6) is 3.63. The van der Waals surface area contributed by atoms with E-state index in [4.69, 9.17) is 4.74 Å². The number of fused-ring (bicyclic) bond motifs is 1. The molecule has 0 aliphatic heterocycles. The van der Waals surface area contributed by atoms with Crippen LogP contribution in [0.25, 0.3) is 0 Å². The van der Waals surface area contributed by atoms with E-state index in [9.17, 15) is 10.2 Å². The molecule has 3 aliphatic rings. The monoisotopic (exact) mass is 478 g/mol. The highest BCUT2D eigenvalue weighted by Gasteiger charge is 2.61. The summed E-state index contributed by atoms with van der Waals surface area (Å²) in [7, 11) is 0. The fourth-order valence-corrected chi connectivity index (χ4v) is 9.05. The Bertz CT molecular complexity index is 664. The molecule has 9 atom stereocenters. The fourth-order valence-electron chi connectivity index (χ4n) is 9.05. The molecule has 0 spiro atoms. The third kappa shape index (κ3) is 5.57. The van der Waals surface area contributed by atoms with Crippen molar-refractivity contribution in [3.8, 4) is 0 Å². The third-order valence-corrected chi connectivity index (χ3v) is 11.0. The molecule has 3 nitrogen and oxygen atoms in total. The van der Waals surface area contributed by atoms with E-state index in [1.54, 1.807) is 0 Å². The minimum Gasteiger partial charge on any atom is -0.396 e. The molecule has 0 amide bonds. The molecule has 3 rings (SSSR count).